The van der Waals surface area contributed by atoms with Gasteiger partial charge in [-0.2, -0.15) is 0 Å². The molecule has 2 heterocycles. The number of anilines is 1. The van der Waals surface area contributed by atoms with Crippen molar-refractivity contribution in [3.05, 3.63) is 39.3 Å². The summed E-state index contributed by atoms with van der Waals surface area (Å²) in [5, 5.41) is 6.77. The zero-order chi connectivity index (χ0) is 17.9. The molecular weight excluding hydrogens is 357 g/mol. The minimum atomic E-state index is -1.06. The second kappa shape index (κ2) is 7.63. The van der Waals surface area contributed by atoms with Crippen LogP contribution in [0.25, 0.3) is 0 Å². The summed E-state index contributed by atoms with van der Waals surface area (Å²) in [6.07, 6.45) is 0.783. The predicted molar refractivity (Wildman–Crippen MR) is 88.4 cm³/mol. The predicted octanol–water partition coefficient (Wildman–Crippen LogP) is 3.43. The van der Waals surface area contributed by atoms with E-state index < -0.39 is 18.0 Å². The van der Waals surface area contributed by atoms with E-state index >= 15 is 0 Å². The van der Waals surface area contributed by atoms with E-state index in [1.54, 1.807) is 6.92 Å². The lowest BCUT2D eigenvalue weighted by Gasteiger charge is -2.13. The summed E-state index contributed by atoms with van der Waals surface area (Å²) >= 11 is 11.7. The molecule has 0 unspecified atom stereocenters. The maximum Gasteiger partial charge on any atom is 0.344 e. The summed E-state index contributed by atoms with van der Waals surface area (Å²) < 4.78 is 10.1. The van der Waals surface area contributed by atoms with Gasteiger partial charge in [0.05, 0.1) is 15.7 Å². The minimum absolute atomic E-state index is 0.129. The number of esters is 1. The van der Waals surface area contributed by atoms with Crippen molar-refractivity contribution in [2.24, 2.45) is 0 Å². The fourth-order valence-electron chi connectivity index (χ4n) is 1.92. The molecule has 1 amide bonds. The van der Waals surface area contributed by atoms with Gasteiger partial charge in [-0.1, -0.05) is 35.3 Å². The SMILES string of the molecule is CCc1noc(C)c1C(=O)O[C@@H](C)C(=O)Nc1ncc(Cl)cc1Cl. The highest BCUT2D eigenvalue weighted by Crippen LogP contribution is 2.23. The topological polar surface area (TPSA) is 94.3 Å². The van der Waals surface area contributed by atoms with Crippen molar-refractivity contribution in [2.75, 3.05) is 5.32 Å². The highest BCUT2D eigenvalue weighted by Gasteiger charge is 2.25. The van der Waals surface area contributed by atoms with E-state index in [1.807, 2.05) is 6.92 Å². The Bertz CT molecular complexity index is 776. The zero-order valence-corrected chi connectivity index (χ0v) is 14.7. The van der Waals surface area contributed by atoms with Gasteiger partial charge in [-0.3, -0.25) is 4.79 Å². The monoisotopic (exact) mass is 371 g/mol. The number of carbonyl (C=O) groups excluding carboxylic acids is 2. The minimum Gasteiger partial charge on any atom is -0.449 e. The summed E-state index contributed by atoms with van der Waals surface area (Å²) in [6.45, 7) is 4.87. The van der Waals surface area contributed by atoms with Crippen LogP contribution in [-0.4, -0.2) is 28.1 Å². The van der Waals surface area contributed by atoms with E-state index in [1.165, 1.54) is 19.2 Å². The van der Waals surface area contributed by atoms with Crippen LogP contribution in [0.15, 0.2) is 16.8 Å². The van der Waals surface area contributed by atoms with Gasteiger partial charge >= 0.3 is 5.97 Å². The molecule has 1 atom stereocenters. The Labute approximate surface area is 148 Å². The van der Waals surface area contributed by atoms with E-state index in [0.717, 1.165) is 0 Å². The van der Waals surface area contributed by atoms with Gasteiger partial charge < -0.3 is 14.6 Å². The molecule has 0 fully saturated rings. The zero-order valence-electron chi connectivity index (χ0n) is 13.2. The van der Waals surface area contributed by atoms with Gasteiger partial charge in [0.25, 0.3) is 5.91 Å². The number of rotatable bonds is 5. The first kappa shape index (κ1) is 18.2. The van der Waals surface area contributed by atoms with Crippen LogP contribution in [-0.2, 0) is 16.0 Å². The van der Waals surface area contributed by atoms with Crippen LogP contribution in [0.1, 0.15) is 35.7 Å². The van der Waals surface area contributed by atoms with Crippen LogP contribution in [0.3, 0.4) is 0 Å². The highest BCUT2D eigenvalue weighted by atomic mass is 35.5. The Morgan fingerprint density at radius 1 is 1.42 bits per heavy atom. The van der Waals surface area contributed by atoms with Crippen molar-refractivity contribution in [3.63, 3.8) is 0 Å². The number of aryl methyl sites for hydroxylation is 2. The first-order valence-corrected chi connectivity index (χ1v) is 7.87. The molecule has 0 aliphatic rings. The molecule has 9 heteroatoms. The van der Waals surface area contributed by atoms with Crippen LogP contribution >= 0.6 is 23.2 Å². The normalized spacial score (nSPS) is 11.9. The van der Waals surface area contributed by atoms with Crippen molar-refractivity contribution in [2.45, 2.75) is 33.3 Å². The van der Waals surface area contributed by atoms with Crippen molar-refractivity contribution < 1.29 is 18.8 Å². The van der Waals surface area contributed by atoms with Gasteiger partial charge in [-0.25, -0.2) is 9.78 Å². The third kappa shape index (κ3) is 4.04. The third-order valence-electron chi connectivity index (χ3n) is 3.17. The van der Waals surface area contributed by atoms with Crippen molar-refractivity contribution in [1.82, 2.24) is 10.1 Å². The van der Waals surface area contributed by atoms with Crippen LogP contribution in [0, 0.1) is 6.92 Å². The smallest absolute Gasteiger partial charge is 0.344 e. The molecule has 0 aliphatic carbocycles. The molecule has 0 saturated heterocycles. The Balaban J connectivity index is 2.06. The number of aromatic nitrogens is 2. The van der Waals surface area contributed by atoms with Crippen LogP contribution in [0.5, 0.6) is 0 Å². The number of amides is 1. The number of nitrogens with zero attached hydrogens (tertiary/aromatic N) is 2. The Morgan fingerprint density at radius 2 is 2.12 bits per heavy atom. The quantitative estimate of drug-likeness (QED) is 0.808. The van der Waals surface area contributed by atoms with Gasteiger partial charge in [0.2, 0.25) is 0 Å². The van der Waals surface area contributed by atoms with E-state index in [-0.39, 0.29) is 16.4 Å². The highest BCUT2D eigenvalue weighted by molar-refractivity contribution is 6.36. The van der Waals surface area contributed by atoms with Crippen LogP contribution in [0.2, 0.25) is 10.0 Å². The maximum atomic E-state index is 12.2. The molecule has 0 saturated carbocycles. The lowest BCUT2D eigenvalue weighted by atomic mass is 10.1. The van der Waals surface area contributed by atoms with Crippen molar-refractivity contribution in [3.8, 4) is 0 Å². The first-order chi connectivity index (χ1) is 11.3. The molecule has 2 aromatic rings. The molecular formula is C15H15Cl2N3O4. The molecule has 0 aliphatic heterocycles. The van der Waals surface area contributed by atoms with Gasteiger partial charge in [0, 0.05) is 6.20 Å². The molecule has 24 heavy (non-hydrogen) atoms. The van der Waals surface area contributed by atoms with Gasteiger partial charge in [-0.05, 0) is 26.3 Å². The molecule has 0 bridgehead atoms. The first-order valence-electron chi connectivity index (χ1n) is 7.11. The lowest BCUT2D eigenvalue weighted by molar-refractivity contribution is -0.123. The number of hydrogen-bond acceptors (Lipinski definition) is 6. The Kier molecular flexibility index (Phi) is 5.80. The molecule has 7 nitrogen and oxygen atoms in total. The number of nitrogens with one attached hydrogen (secondary N) is 1. The summed E-state index contributed by atoms with van der Waals surface area (Å²) in [5.41, 5.74) is 0.715. The number of pyridine rings is 1. The fourth-order valence-corrected chi connectivity index (χ4v) is 2.35. The van der Waals surface area contributed by atoms with Crippen molar-refractivity contribution >= 4 is 40.9 Å². The molecule has 0 aromatic carbocycles. The largest absolute Gasteiger partial charge is 0.449 e. The standard InChI is InChI=1S/C15H15Cl2N3O4/c1-4-11-12(7(2)24-20-11)15(22)23-8(3)14(21)19-13-10(17)5-9(16)6-18-13/h5-6,8H,4H2,1-3H3,(H,18,19,21)/t8-/m0/s1. The van der Waals surface area contributed by atoms with Gasteiger partial charge in [0.15, 0.2) is 11.9 Å². The summed E-state index contributed by atoms with van der Waals surface area (Å²) in [6, 6.07) is 1.44. The summed E-state index contributed by atoms with van der Waals surface area (Å²) in [4.78, 5) is 28.3. The van der Waals surface area contributed by atoms with Crippen LogP contribution < -0.4 is 5.32 Å². The molecule has 2 aromatic heterocycles. The molecule has 0 radical (unpaired) electrons. The number of hydrogen-bond donors (Lipinski definition) is 1. The molecule has 128 valence electrons. The molecule has 2 rings (SSSR count). The Morgan fingerprint density at radius 3 is 2.75 bits per heavy atom. The summed E-state index contributed by atoms with van der Waals surface area (Å²) in [7, 11) is 0. The van der Waals surface area contributed by atoms with E-state index in [0.29, 0.717) is 22.9 Å². The second-order valence-electron chi connectivity index (χ2n) is 4.93. The molecule has 0 spiro atoms. The third-order valence-corrected chi connectivity index (χ3v) is 3.67. The van der Waals surface area contributed by atoms with Gasteiger partial charge in [-0.15, -0.1) is 0 Å². The van der Waals surface area contributed by atoms with E-state index in [9.17, 15) is 9.59 Å². The average Bonchev–Trinajstić information content (AvgIpc) is 2.90. The van der Waals surface area contributed by atoms with E-state index in [2.05, 4.69) is 15.5 Å². The van der Waals surface area contributed by atoms with Crippen LogP contribution in [0.4, 0.5) is 5.82 Å². The average molecular weight is 372 g/mol. The van der Waals surface area contributed by atoms with Gasteiger partial charge in [0.1, 0.15) is 11.3 Å². The fraction of sp³-hybridized carbons (Fsp3) is 0.333. The number of ether oxygens (including phenoxy) is 1. The number of halogens is 2. The van der Waals surface area contributed by atoms with Crippen molar-refractivity contribution in [1.29, 1.82) is 0 Å². The second-order valence-corrected chi connectivity index (χ2v) is 5.78. The molecule has 1 N–H and O–H groups in total. The van der Waals surface area contributed by atoms with E-state index in [4.69, 9.17) is 32.5 Å². The summed E-state index contributed by atoms with van der Waals surface area (Å²) in [5.74, 6) is -0.785. The lowest BCUT2D eigenvalue weighted by Crippen LogP contribution is -2.30. The maximum absolute atomic E-state index is 12.2. The Hall–Kier alpha value is -2.12. The number of carbonyl (C=O) groups is 2.